The fourth-order valence-electron chi connectivity index (χ4n) is 8.03. The third-order valence-corrected chi connectivity index (χ3v) is 10.2. The van der Waals surface area contributed by atoms with Crippen molar-refractivity contribution in [2.75, 3.05) is 37.7 Å². The van der Waals surface area contributed by atoms with E-state index in [-0.39, 0.29) is 58.8 Å². The van der Waals surface area contributed by atoms with Crippen LogP contribution in [0.4, 0.5) is 32.2 Å². The predicted molar refractivity (Wildman–Crippen MR) is 160 cm³/mol. The third kappa shape index (κ3) is 4.88. The summed E-state index contributed by atoms with van der Waals surface area (Å²) in [6.45, 7) is 1.98. The minimum Gasteiger partial charge on any atom is -0.508 e. The van der Waals surface area contributed by atoms with Crippen LogP contribution < -0.4 is 20.5 Å². The van der Waals surface area contributed by atoms with E-state index in [4.69, 9.17) is 4.74 Å². The number of pyridine rings is 1. The summed E-state index contributed by atoms with van der Waals surface area (Å²) in [7, 11) is 0. The number of aromatic hydroxyl groups is 1. The second-order valence-electron chi connectivity index (χ2n) is 13.0. The largest absolute Gasteiger partial charge is 0.508 e. The van der Waals surface area contributed by atoms with Gasteiger partial charge in [0, 0.05) is 49.6 Å². The Balaban J connectivity index is 1.36. The highest BCUT2D eigenvalue weighted by atomic mass is 19.4. The molecule has 15 heteroatoms. The van der Waals surface area contributed by atoms with E-state index < -0.39 is 63.1 Å². The highest BCUT2D eigenvalue weighted by Gasteiger charge is 2.49. The standard InChI is InChI=1S/C32H30F6N6O3/c33-17-11-31(6-1-7-42(31)13-17)15-47-30-40-27-21(28(41-30)43-14-18-3-4-19(43)12-39-18)10-24(32(36,37)38)44(29(27)46)23-9-20(45)8-16-2-5-22(34)26(35)25(16)23/h2,5,8-10,17-19,39,45H,1,3-4,6-7,11-15H2/t17-,18?,19?,31+/m1/s1. The molecule has 4 aromatic rings. The number of ether oxygens (including phenoxy) is 1. The lowest BCUT2D eigenvalue weighted by Gasteiger charge is -2.46. The van der Waals surface area contributed by atoms with Crippen LogP contribution in [0.25, 0.3) is 27.4 Å². The fraction of sp³-hybridized carbons (Fsp3) is 0.469. The van der Waals surface area contributed by atoms with Crippen molar-refractivity contribution in [2.24, 2.45) is 0 Å². The lowest BCUT2D eigenvalue weighted by atomic mass is 9.93. The van der Waals surface area contributed by atoms with Crippen LogP contribution in [0, 0.1) is 11.6 Å². The van der Waals surface area contributed by atoms with Crippen LogP contribution in [-0.4, -0.2) is 81.1 Å². The van der Waals surface area contributed by atoms with Crippen molar-refractivity contribution in [1.29, 1.82) is 0 Å². The fourth-order valence-corrected chi connectivity index (χ4v) is 8.03. The summed E-state index contributed by atoms with van der Waals surface area (Å²) >= 11 is 0. The summed E-state index contributed by atoms with van der Waals surface area (Å²) in [5, 5.41) is 12.9. The minimum absolute atomic E-state index is 0.0164. The molecule has 9 nitrogen and oxygen atoms in total. The second kappa shape index (κ2) is 10.7. The molecule has 4 atom stereocenters. The van der Waals surface area contributed by atoms with E-state index in [1.165, 1.54) is 0 Å². The lowest BCUT2D eigenvalue weighted by Crippen LogP contribution is -2.61. The van der Waals surface area contributed by atoms with Gasteiger partial charge in [0.25, 0.3) is 5.56 Å². The average Bonchev–Trinajstić information content (AvgIpc) is 3.57. The van der Waals surface area contributed by atoms with Gasteiger partial charge in [0.2, 0.25) is 0 Å². The van der Waals surface area contributed by atoms with Crippen molar-refractivity contribution in [1.82, 2.24) is 24.8 Å². The molecule has 5 aliphatic rings. The molecule has 0 spiro atoms. The zero-order chi connectivity index (χ0) is 32.8. The number of fused-ring (bicyclic) bond motifs is 6. The molecule has 2 aromatic carbocycles. The van der Waals surface area contributed by atoms with Crippen molar-refractivity contribution in [3.8, 4) is 17.4 Å². The van der Waals surface area contributed by atoms with Crippen LogP contribution in [0.3, 0.4) is 0 Å². The van der Waals surface area contributed by atoms with Gasteiger partial charge in [0.1, 0.15) is 35.6 Å². The van der Waals surface area contributed by atoms with Gasteiger partial charge in [-0.15, -0.1) is 0 Å². The molecule has 2 aromatic heterocycles. The molecule has 248 valence electrons. The number of alkyl halides is 4. The number of nitrogens with zero attached hydrogens (tertiary/aromatic N) is 5. The lowest BCUT2D eigenvalue weighted by molar-refractivity contribution is -0.142. The van der Waals surface area contributed by atoms with Gasteiger partial charge < -0.3 is 20.1 Å². The summed E-state index contributed by atoms with van der Waals surface area (Å²) < 4.78 is 95.0. The molecule has 5 aliphatic heterocycles. The Labute approximate surface area is 263 Å². The predicted octanol–water partition coefficient (Wildman–Crippen LogP) is 4.83. The van der Waals surface area contributed by atoms with Gasteiger partial charge in [0.05, 0.1) is 16.6 Å². The molecule has 0 saturated carbocycles. The Morgan fingerprint density at radius 1 is 1.11 bits per heavy atom. The molecule has 5 saturated heterocycles. The van der Waals surface area contributed by atoms with Gasteiger partial charge in [-0.3, -0.25) is 14.3 Å². The number of hydrogen-bond donors (Lipinski definition) is 2. The summed E-state index contributed by atoms with van der Waals surface area (Å²) in [5.41, 5.74) is -4.50. The minimum atomic E-state index is -5.15. The van der Waals surface area contributed by atoms with E-state index in [9.17, 15) is 31.9 Å². The number of phenols is 1. The molecule has 47 heavy (non-hydrogen) atoms. The zero-order valence-electron chi connectivity index (χ0n) is 25.0. The summed E-state index contributed by atoms with van der Waals surface area (Å²) in [6, 6.07) is 4.12. The topological polar surface area (TPSA) is 95.8 Å². The Kier molecular flexibility index (Phi) is 6.89. The molecule has 2 bridgehead atoms. The summed E-state index contributed by atoms with van der Waals surface area (Å²) in [6.07, 6.45) is -2.78. The molecule has 0 aliphatic carbocycles. The number of piperidine rings is 2. The number of piperazine rings is 1. The third-order valence-electron chi connectivity index (χ3n) is 10.2. The van der Waals surface area contributed by atoms with Gasteiger partial charge in [-0.1, -0.05) is 6.07 Å². The molecular formula is C32H30F6N6O3. The number of hydrogen-bond acceptors (Lipinski definition) is 8. The van der Waals surface area contributed by atoms with E-state index in [1.54, 1.807) is 0 Å². The van der Waals surface area contributed by atoms with Gasteiger partial charge >= 0.3 is 12.2 Å². The van der Waals surface area contributed by atoms with E-state index in [0.29, 0.717) is 26.1 Å². The van der Waals surface area contributed by atoms with E-state index in [0.717, 1.165) is 49.6 Å². The van der Waals surface area contributed by atoms with Crippen molar-refractivity contribution >= 4 is 27.5 Å². The second-order valence-corrected chi connectivity index (χ2v) is 13.0. The van der Waals surface area contributed by atoms with E-state index >= 15 is 4.39 Å². The number of rotatable bonds is 5. The van der Waals surface area contributed by atoms with Gasteiger partial charge in [-0.2, -0.15) is 23.1 Å². The first-order valence-electron chi connectivity index (χ1n) is 15.6. The number of nitrogens with one attached hydrogen (secondary N) is 1. The number of anilines is 1. The molecule has 2 N–H and O–H groups in total. The monoisotopic (exact) mass is 660 g/mol. The molecule has 7 heterocycles. The highest BCUT2D eigenvalue weighted by Crippen LogP contribution is 2.42. The van der Waals surface area contributed by atoms with Gasteiger partial charge in [-0.25, -0.2) is 13.2 Å². The van der Waals surface area contributed by atoms with Crippen LogP contribution in [0.15, 0.2) is 35.1 Å². The van der Waals surface area contributed by atoms with Crippen molar-refractivity contribution < 1.29 is 36.2 Å². The van der Waals surface area contributed by atoms with Gasteiger partial charge in [-0.05, 0) is 55.8 Å². The van der Waals surface area contributed by atoms with Crippen LogP contribution in [0.5, 0.6) is 11.8 Å². The maximum atomic E-state index is 15.2. The summed E-state index contributed by atoms with van der Waals surface area (Å²) in [4.78, 5) is 27.1. The Bertz CT molecular complexity index is 1980. The average molecular weight is 661 g/mol. The number of aromatic nitrogens is 3. The molecule has 0 radical (unpaired) electrons. The number of benzene rings is 2. The van der Waals surface area contributed by atoms with Crippen LogP contribution in [0.1, 0.15) is 37.8 Å². The maximum Gasteiger partial charge on any atom is 0.431 e. The van der Waals surface area contributed by atoms with Crippen molar-refractivity contribution in [3.63, 3.8) is 0 Å². The quantitative estimate of drug-likeness (QED) is 0.294. The molecular weight excluding hydrogens is 630 g/mol. The summed E-state index contributed by atoms with van der Waals surface area (Å²) in [5.74, 6) is -3.30. The van der Waals surface area contributed by atoms with E-state index in [2.05, 4.69) is 15.3 Å². The first-order valence-corrected chi connectivity index (χ1v) is 15.6. The SMILES string of the molecule is O=c1c2nc(OC[C@@]34CCCN3C[C@H](F)C4)nc(N3CC4CCC3CN4)c2cc(C(F)(F)F)n1-c1cc(O)cc2ccc(F)c(F)c12. The zero-order valence-corrected chi connectivity index (χ0v) is 25.0. The highest BCUT2D eigenvalue weighted by molar-refractivity contribution is 5.94. The Morgan fingerprint density at radius 2 is 1.94 bits per heavy atom. The number of phenolic OH excluding ortho intramolecular Hbond substituents is 1. The first-order chi connectivity index (χ1) is 22.4. The normalized spacial score (nSPS) is 26.1. The van der Waals surface area contributed by atoms with E-state index in [1.807, 2.05) is 9.80 Å². The smallest absolute Gasteiger partial charge is 0.431 e. The van der Waals surface area contributed by atoms with Crippen LogP contribution >= 0.6 is 0 Å². The Hall–Kier alpha value is -4.11. The van der Waals surface area contributed by atoms with Crippen molar-refractivity contribution in [3.05, 3.63) is 58.0 Å². The first kappa shape index (κ1) is 30.2. The molecule has 9 rings (SSSR count). The molecule has 2 unspecified atom stereocenters. The molecule has 5 fully saturated rings. The van der Waals surface area contributed by atoms with Crippen molar-refractivity contribution in [2.45, 2.75) is 62.1 Å². The van der Waals surface area contributed by atoms with Gasteiger partial charge in [0.15, 0.2) is 11.6 Å². The molecule has 0 amide bonds. The Morgan fingerprint density at radius 3 is 2.66 bits per heavy atom. The maximum absolute atomic E-state index is 15.2. The van der Waals surface area contributed by atoms with Crippen LogP contribution in [0.2, 0.25) is 0 Å². The van der Waals surface area contributed by atoms with Crippen LogP contribution in [-0.2, 0) is 6.18 Å². The number of halogens is 6.